The molecule has 164 valence electrons. The summed E-state index contributed by atoms with van der Waals surface area (Å²) in [5.74, 6) is -0.342. The molecule has 0 fully saturated rings. The molecule has 30 heavy (non-hydrogen) atoms. The SMILES string of the molecule is CCCCCCCCOc1ccc(C(O)(CC(=O)N(C)O)c2ccccc2)c(O)c1. The van der Waals surface area contributed by atoms with Gasteiger partial charge in [0.2, 0.25) is 5.91 Å². The van der Waals surface area contributed by atoms with E-state index in [0.29, 0.717) is 23.0 Å². The highest BCUT2D eigenvalue weighted by Gasteiger charge is 2.37. The molecule has 1 atom stereocenters. The van der Waals surface area contributed by atoms with Crippen LogP contribution in [0.5, 0.6) is 11.5 Å². The van der Waals surface area contributed by atoms with Crippen molar-refractivity contribution < 1.29 is 25.0 Å². The lowest BCUT2D eigenvalue weighted by molar-refractivity contribution is -0.163. The molecular weight excluding hydrogens is 382 g/mol. The summed E-state index contributed by atoms with van der Waals surface area (Å²) in [5.41, 5.74) is -1.18. The van der Waals surface area contributed by atoms with Gasteiger partial charge in [-0.1, -0.05) is 69.4 Å². The Labute approximate surface area is 178 Å². The van der Waals surface area contributed by atoms with Crippen LogP contribution in [0.15, 0.2) is 48.5 Å². The van der Waals surface area contributed by atoms with Crippen LogP contribution in [0.25, 0.3) is 0 Å². The van der Waals surface area contributed by atoms with Gasteiger partial charge in [-0.3, -0.25) is 10.0 Å². The summed E-state index contributed by atoms with van der Waals surface area (Å²) in [7, 11) is 1.20. The van der Waals surface area contributed by atoms with E-state index in [1.807, 2.05) is 0 Å². The van der Waals surface area contributed by atoms with E-state index in [1.54, 1.807) is 42.5 Å². The lowest BCUT2D eigenvalue weighted by atomic mass is 9.82. The molecular formula is C24H33NO5. The van der Waals surface area contributed by atoms with Gasteiger partial charge in [0.1, 0.15) is 17.1 Å². The first-order valence-corrected chi connectivity index (χ1v) is 10.6. The van der Waals surface area contributed by atoms with Gasteiger partial charge in [-0.2, -0.15) is 0 Å². The molecule has 2 rings (SSSR count). The van der Waals surface area contributed by atoms with E-state index >= 15 is 0 Å². The number of carbonyl (C=O) groups is 1. The van der Waals surface area contributed by atoms with Gasteiger partial charge in [0.15, 0.2) is 0 Å². The summed E-state index contributed by atoms with van der Waals surface area (Å²) in [6, 6.07) is 13.3. The van der Waals surface area contributed by atoms with Gasteiger partial charge in [0.05, 0.1) is 13.0 Å². The molecule has 0 aliphatic heterocycles. The largest absolute Gasteiger partial charge is 0.507 e. The lowest BCUT2D eigenvalue weighted by Crippen LogP contribution is -2.35. The smallest absolute Gasteiger partial charge is 0.249 e. The van der Waals surface area contributed by atoms with Crippen LogP contribution in [0.4, 0.5) is 0 Å². The molecule has 0 radical (unpaired) electrons. The Bertz CT molecular complexity index is 793. The van der Waals surface area contributed by atoms with Crippen molar-refractivity contribution in [1.82, 2.24) is 5.06 Å². The van der Waals surface area contributed by atoms with Gasteiger partial charge in [0, 0.05) is 18.7 Å². The molecule has 0 aliphatic carbocycles. The molecule has 1 unspecified atom stereocenters. The first-order valence-electron chi connectivity index (χ1n) is 10.6. The predicted octanol–water partition coefficient (Wildman–Crippen LogP) is 4.61. The minimum absolute atomic E-state index is 0.171. The Morgan fingerprint density at radius 3 is 2.33 bits per heavy atom. The van der Waals surface area contributed by atoms with Gasteiger partial charge in [-0.15, -0.1) is 0 Å². The highest BCUT2D eigenvalue weighted by Crippen LogP contribution is 2.39. The third-order valence-corrected chi connectivity index (χ3v) is 5.20. The van der Waals surface area contributed by atoms with Gasteiger partial charge >= 0.3 is 0 Å². The standard InChI is InChI=1S/C24H33NO5/c1-3-4-5-6-7-11-16-30-20-14-15-21(22(26)17-20)24(28,18-23(27)25(2)29)19-12-9-8-10-13-19/h8-10,12-15,17,26,28-29H,3-7,11,16,18H2,1-2H3. The van der Waals surface area contributed by atoms with Crippen LogP contribution in [0.2, 0.25) is 0 Å². The molecule has 0 heterocycles. The summed E-state index contributed by atoms with van der Waals surface area (Å²) < 4.78 is 5.73. The van der Waals surface area contributed by atoms with Gasteiger partial charge in [0.25, 0.3) is 0 Å². The van der Waals surface area contributed by atoms with Crippen molar-refractivity contribution in [2.45, 2.75) is 57.5 Å². The lowest BCUT2D eigenvalue weighted by Gasteiger charge is -2.30. The Morgan fingerprint density at radius 2 is 1.70 bits per heavy atom. The van der Waals surface area contributed by atoms with E-state index in [-0.39, 0.29) is 11.3 Å². The van der Waals surface area contributed by atoms with Crippen molar-refractivity contribution in [2.75, 3.05) is 13.7 Å². The zero-order valence-electron chi connectivity index (χ0n) is 17.9. The van der Waals surface area contributed by atoms with Gasteiger partial charge in [-0.25, -0.2) is 5.06 Å². The minimum atomic E-state index is -1.79. The Kier molecular flexibility index (Phi) is 9.15. The van der Waals surface area contributed by atoms with Gasteiger partial charge in [-0.05, 0) is 24.1 Å². The predicted molar refractivity (Wildman–Crippen MR) is 116 cm³/mol. The molecule has 0 spiro atoms. The number of amides is 1. The molecule has 0 aromatic heterocycles. The maximum atomic E-state index is 12.2. The zero-order chi connectivity index (χ0) is 22.0. The van der Waals surface area contributed by atoms with Crippen LogP contribution in [0.1, 0.15) is 63.0 Å². The number of rotatable bonds is 12. The van der Waals surface area contributed by atoms with Crippen molar-refractivity contribution >= 4 is 5.91 Å². The van der Waals surface area contributed by atoms with Crippen molar-refractivity contribution in [2.24, 2.45) is 0 Å². The number of nitrogens with zero attached hydrogens (tertiary/aromatic N) is 1. The van der Waals surface area contributed by atoms with Crippen LogP contribution in [0.3, 0.4) is 0 Å². The molecule has 2 aromatic rings. The molecule has 0 aliphatic rings. The summed E-state index contributed by atoms with van der Waals surface area (Å²) in [4.78, 5) is 12.2. The number of hydrogen-bond donors (Lipinski definition) is 3. The fourth-order valence-electron chi connectivity index (χ4n) is 3.42. The molecule has 1 amide bonds. The second-order valence-corrected chi connectivity index (χ2v) is 7.62. The summed E-state index contributed by atoms with van der Waals surface area (Å²) in [5, 5.41) is 31.9. The van der Waals surface area contributed by atoms with Crippen LogP contribution in [0, 0.1) is 0 Å². The van der Waals surface area contributed by atoms with Crippen molar-refractivity contribution in [3.05, 3.63) is 59.7 Å². The number of phenolic OH excluding ortho intramolecular Hbond substituents is 1. The van der Waals surface area contributed by atoms with Crippen molar-refractivity contribution in [3.8, 4) is 11.5 Å². The first-order chi connectivity index (χ1) is 14.4. The highest BCUT2D eigenvalue weighted by atomic mass is 16.5. The second kappa shape index (κ2) is 11.6. The average Bonchev–Trinajstić information content (AvgIpc) is 2.73. The minimum Gasteiger partial charge on any atom is -0.507 e. The number of ether oxygens (including phenoxy) is 1. The van der Waals surface area contributed by atoms with E-state index in [4.69, 9.17) is 4.74 Å². The first kappa shape index (κ1) is 23.7. The van der Waals surface area contributed by atoms with Crippen LogP contribution >= 0.6 is 0 Å². The Balaban J connectivity index is 2.13. The second-order valence-electron chi connectivity index (χ2n) is 7.62. The zero-order valence-corrected chi connectivity index (χ0v) is 17.9. The highest BCUT2D eigenvalue weighted by molar-refractivity contribution is 5.77. The monoisotopic (exact) mass is 415 g/mol. The topological polar surface area (TPSA) is 90.2 Å². The number of aromatic hydroxyl groups is 1. The fourth-order valence-corrected chi connectivity index (χ4v) is 3.42. The summed E-state index contributed by atoms with van der Waals surface area (Å²) in [6.07, 6.45) is 6.54. The number of benzene rings is 2. The van der Waals surface area contributed by atoms with Crippen molar-refractivity contribution in [1.29, 1.82) is 0 Å². The quantitative estimate of drug-likeness (QED) is 0.268. The number of carbonyl (C=O) groups excluding carboxylic acids is 1. The van der Waals surface area contributed by atoms with Crippen LogP contribution in [-0.2, 0) is 10.4 Å². The molecule has 2 aromatic carbocycles. The molecule has 0 bridgehead atoms. The molecule has 6 heteroatoms. The van der Waals surface area contributed by atoms with E-state index in [2.05, 4.69) is 6.92 Å². The fraction of sp³-hybridized carbons (Fsp3) is 0.458. The van der Waals surface area contributed by atoms with E-state index in [1.165, 1.54) is 38.8 Å². The number of aliphatic hydroxyl groups is 1. The average molecular weight is 416 g/mol. The number of hydrogen-bond acceptors (Lipinski definition) is 5. The normalized spacial score (nSPS) is 12.9. The third-order valence-electron chi connectivity index (χ3n) is 5.20. The number of unbranched alkanes of at least 4 members (excludes halogenated alkanes) is 5. The molecule has 0 saturated heterocycles. The van der Waals surface area contributed by atoms with E-state index < -0.39 is 17.9 Å². The molecule has 6 nitrogen and oxygen atoms in total. The maximum Gasteiger partial charge on any atom is 0.249 e. The van der Waals surface area contributed by atoms with E-state index in [0.717, 1.165) is 12.8 Å². The van der Waals surface area contributed by atoms with Crippen LogP contribution in [-0.4, -0.2) is 40.0 Å². The summed E-state index contributed by atoms with van der Waals surface area (Å²) >= 11 is 0. The van der Waals surface area contributed by atoms with E-state index in [9.17, 15) is 20.2 Å². The third kappa shape index (κ3) is 6.47. The van der Waals surface area contributed by atoms with Gasteiger partial charge < -0.3 is 14.9 Å². The molecule has 3 N–H and O–H groups in total. The summed E-state index contributed by atoms with van der Waals surface area (Å²) in [6.45, 7) is 2.75. The molecule has 0 saturated carbocycles. The maximum absolute atomic E-state index is 12.2. The number of phenols is 1. The van der Waals surface area contributed by atoms with Crippen LogP contribution < -0.4 is 4.74 Å². The Morgan fingerprint density at radius 1 is 1.03 bits per heavy atom. The van der Waals surface area contributed by atoms with Crippen molar-refractivity contribution in [3.63, 3.8) is 0 Å². The number of hydroxylamine groups is 2. The Hall–Kier alpha value is -2.57.